The summed E-state index contributed by atoms with van der Waals surface area (Å²) in [5.41, 5.74) is -0.302. The van der Waals surface area contributed by atoms with Crippen LogP contribution in [0.2, 0.25) is 0 Å². The number of nitro groups is 1. The predicted molar refractivity (Wildman–Crippen MR) is 111 cm³/mol. The summed E-state index contributed by atoms with van der Waals surface area (Å²) >= 11 is 0. The fourth-order valence-corrected chi connectivity index (χ4v) is 3.61. The molecule has 1 amide bonds. The predicted octanol–water partition coefficient (Wildman–Crippen LogP) is 2.76. The molecule has 0 aliphatic rings. The number of nitrogens with zero attached hydrogens (tertiary/aromatic N) is 2. The van der Waals surface area contributed by atoms with Crippen molar-refractivity contribution < 1.29 is 28.0 Å². The summed E-state index contributed by atoms with van der Waals surface area (Å²) in [6.45, 7) is 0. The number of nitrogens with one attached hydrogen (secondary N) is 2. The van der Waals surface area contributed by atoms with Crippen molar-refractivity contribution in [2.45, 2.75) is 4.90 Å². The third-order valence-electron chi connectivity index (χ3n) is 4.08. The van der Waals surface area contributed by atoms with Crippen molar-refractivity contribution in [3.05, 3.63) is 76.5 Å². The zero-order chi connectivity index (χ0) is 22.6. The van der Waals surface area contributed by atoms with Crippen LogP contribution in [0.4, 0.5) is 17.2 Å². The van der Waals surface area contributed by atoms with Gasteiger partial charge in [0.25, 0.3) is 21.6 Å². The number of carbonyl (C=O) groups excluding carboxylic acids is 1. The molecule has 0 radical (unpaired) electrons. The highest BCUT2D eigenvalue weighted by atomic mass is 32.2. The molecule has 3 aromatic rings. The Hall–Kier alpha value is -4.19. The summed E-state index contributed by atoms with van der Waals surface area (Å²) in [6.07, 6.45) is 1.39. The number of benzene rings is 2. The van der Waals surface area contributed by atoms with Crippen LogP contribution in [0.3, 0.4) is 0 Å². The molecule has 0 aliphatic heterocycles. The number of pyridine rings is 1. The summed E-state index contributed by atoms with van der Waals surface area (Å²) in [4.78, 5) is 26.3. The number of carbonyl (C=O) groups is 1. The maximum absolute atomic E-state index is 12.7. The van der Waals surface area contributed by atoms with Gasteiger partial charge < -0.3 is 15.2 Å². The molecule has 0 saturated heterocycles. The molecule has 0 saturated carbocycles. The largest absolute Gasteiger partial charge is 0.504 e. The number of nitro benzene ring substituents is 1. The zero-order valence-electron chi connectivity index (χ0n) is 16.0. The molecule has 0 bridgehead atoms. The highest BCUT2D eigenvalue weighted by Gasteiger charge is 2.20. The van der Waals surface area contributed by atoms with Crippen molar-refractivity contribution in [3.63, 3.8) is 0 Å². The number of hydrogen-bond donors (Lipinski definition) is 3. The number of ether oxygens (including phenoxy) is 1. The molecule has 1 aromatic heterocycles. The SMILES string of the molecule is COc1ccc([N+](=O)[O-])cc1NS(=O)(=O)c1ccc(C(=O)Nc2ncccc2O)cc1. The highest BCUT2D eigenvalue weighted by Crippen LogP contribution is 2.31. The summed E-state index contributed by atoms with van der Waals surface area (Å²) in [6, 6.07) is 11.3. The topological polar surface area (TPSA) is 161 Å². The van der Waals surface area contributed by atoms with Gasteiger partial charge in [-0.15, -0.1) is 0 Å². The van der Waals surface area contributed by atoms with E-state index in [1.165, 1.54) is 61.8 Å². The Morgan fingerprint density at radius 3 is 2.48 bits per heavy atom. The van der Waals surface area contributed by atoms with E-state index < -0.39 is 20.9 Å². The number of aromatic hydroxyl groups is 1. The lowest BCUT2D eigenvalue weighted by atomic mass is 10.2. The summed E-state index contributed by atoms with van der Waals surface area (Å²) in [5, 5.41) is 23.1. The van der Waals surface area contributed by atoms with Crippen molar-refractivity contribution >= 4 is 33.1 Å². The van der Waals surface area contributed by atoms with Gasteiger partial charge in [0.2, 0.25) is 0 Å². The van der Waals surface area contributed by atoms with Crippen LogP contribution >= 0.6 is 0 Å². The highest BCUT2D eigenvalue weighted by molar-refractivity contribution is 7.92. The number of non-ortho nitro benzene ring substituents is 1. The van der Waals surface area contributed by atoms with Crippen LogP contribution in [0.5, 0.6) is 11.5 Å². The molecule has 0 unspecified atom stereocenters. The second kappa shape index (κ2) is 8.67. The summed E-state index contributed by atoms with van der Waals surface area (Å²) in [7, 11) is -2.84. The van der Waals surface area contributed by atoms with Crippen LogP contribution in [0.25, 0.3) is 0 Å². The second-order valence-electron chi connectivity index (χ2n) is 6.10. The molecule has 31 heavy (non-hydrogen) atoms. The van der Waals surface area contributed by atoms with E-state index in [0.717, 1.165) is 6.07 Å². The Bertz CT molecular complexity index is 1240. The fraction of sp³-hybridized carbons (Fsp3) is 0.0526. The molecule has 160 valence electrons. The Morgan fingerprint density at radius 1 is 1.16 bits per heavy atom. The van der Waals surface area contributed by atoms with E-state index in [1.807, 2.05) is 0 Å². The number of methoxy groups -OCH3 is 1. The van der Waals surface area contributed by atoms with Crippen LogP contribution in [-0.2, 0) is 10.0 Å². The van der Waals surface area contributed by atoms with Gasteiger partial charge in [-0.25, -0.2) is 13.4 Å². The molecule has 11 nitrogen and oxygen atoms in total. The lowest BCUT2D eigenvalue weighted by Crippen LogP contribution is -2.15. The number of rotatable bonds is 7. The van der Waals surface area contributed by atoms with Crippen LogP contribution in [-0.4, -0.2) is 36.4 Å². The molecule has 2 aromatic carbocycles. The number of sulfonamides is 1. The third-order valence-corrected chi connectivity index (χ3v) is 5.46. The Labute approximate surface area is 176 Å². The molecule has 0 atom stereocenters. The minimum absolute atomic E-state index is 0.0383. The Balaban J connectivity index is 1.82. The first-order valence-corrected chi connectivity index (χ1v) is 10.1. The molecule has 12 heteroatoms. The van der Waals surface area contributed by atoms with Crippen molar-refractivity contribution in [2.24, 2.45) is 0 Å². The van der Waals surface area contributed by atoms with Gasteiger partial charge in [0.05, 0.1) is 22.6 Å². The van der Waals surface area contributed by atoms with Crippen molar-refractivity contribution in [1.29, 1.82) is 0 Å². The van der Waals surface area contributed by atoms with E-state index in [1.54, 1.807) is 0 Å². The average Bonchev–Trinajstić information content (AvgIpc) is 2.75. The van der Waals surface area contributed by atoms with Gasteiger partial charge in [-0.2, -0.15) is 0 Å². The van der Waals surface area contributed by atoms with E-state index in [9.17, 15) is 28.4 Å². The van der Waals surface area contributed by atoms with Crippen LogP contribution < -0.4 is 14.8 Å². The monoisotopic (exact) mass is 444 g/mol. The van der Waals surface area contributed by atoms with Crippen LogP contribution in [0.15, 0.2) is 65.7 Å². The van der Waals surface area contributed by atoms with Crippen LogP contribution in [0.1, 0.15) is 10.4 Å². The first-order chi connectivity index (χ1) is 14.7. The van der Waals surface area contributed by atoms with E-state index in [2.05, 4.69) is 15.0 Å². The van der Waals surface area contributed by atoms with Crippen molar-refractivity contribution in [2.75, 3.05) is 17.1 Å². The molecule has 3 rings (SSSR count). The maximum atomic E-state index is 12.7. The molecule has 0 fully saturated rings. The first-order valence-electron chi connectivity index (χ1n) is 8.62. The van der Waals surface area contributed by atoms with Gasteiger partial charge in [-0.3, -0.25) is 19.6 Å². The van der Waals surface area contributed by atoms with E-state index >= 15 is 0 Å². The minimum Gasteiger partial charge on any atom is -0.504 e. The first kappa shape index (κ1) is 21.5. The van der Waals surface area contributed by atoms with Gasteiger partial charge in [-0.05, 0) is 42.5 Å². The molecule has 1 heterocycles. The number of amides is 1. The molecular weight excluding hydrogens is 428 g/mol. The number of aromatic nitrogens is 1. The summed E-state index contributed by atoms with van der Waals surface area (Å²) < 4.78 is 32.7. The van der Waals surface area contributed by atoms with E-state index in [0.29, 0.717) is 0 Å². The van der Waals surface area contributed by atoms with Crippen LogP contribution in [0, 0.1) is 10.1 Å². The standard InChI is InChI=1S/C19H16N4O7S/c1-30-17-9-6-13(23(26)27)11-15(17)22-31(28,29)14-7-4-12(5-8-14)19(25)21-18-16(24)3-2-10-20-18/h2-11,22,24H,1H3,(H,20,21,25). The van der Waals surface area contributed by atoms with Crippen molar-refractivity contribution in [3.8, 4) is 11.5 Å². The van der Waals surface area contributed by atoms with Gasteiger partial charge in [0, 0.05) is 23.9 Å². The quantitative estimate of drug-likeness (QED) is 0.370. The Kier molecular flexibility index (Phi) is 6.02. The lowest BCUT2D eigenvalue weighted by Gasteiger charge is -2.12. The summed E-state index contributed by atoms with van der Waals surface area (Å²) in [5.74, 6) is -0.764. The zero-order valence-corrected chi connectivity index (χ0v) is 16.8. The maximum Gasteiger partial charge on any atom is 0.271 e. The number of anilines is 2. The van der Waals surface area contributed by atoms with Gasteiger partial charge in [0.1, 0.15) is 5.75 Å². The lowest BCUT2D eigenvalue weighted by molar-refractivity contribution is -0.384. The van der Waals surface area contributed by atoms with E-state index in [4.69, 9.17) is 4.74 Å². The molecule has 0 spiro atoms. The smallest absolute Gasteiger partial charge is 0.271 e. The van der Waals surface area contributed by atoms with Gasteiger partial charge in [0.15, 0.2) is 11.6 Å². The minimum atomic E-state index is -4.13. The molecule has 3 N–H and O–H groups in total. The Morgan fingerprint density at radius 2 is 1.87 bits per heavy atom. The van der Waals surface area contributed by atoms with Gasteiger partial charge in [-0.1, -0.05) is 0 Å². The number of hydrogen-bond acceptors (Lipinski definition) is 8. The van der Waals surface area contributed by atoms with Gasteiger partial charge >= 0.3 is 0 Å². The van der Waals surface area contributed by atoms with Crippen molar-refractivity contribution in [1.82, 2.24) is 4.98 Å². The average molecular weight is 444 g/mol. The van der Waals surface area contributed by atoms with E-state index in [-0.39, 0.29) is 39.2 Å². The fourth-order valence-electron chi connectivity index (χ4n) is 2.55. The normalized spacial score (nSPS) is 10.9. The molecule has 0 aliphatic carbocycles. The second-order valence-corrected chi connectivity index (χ2v) is 7.78. The third kappa shape index (κ3) is 4.87. The molecular formula is C19H16N4O7S.